The van der Waals surface area contributed by atoms with Crippen molar-refractivity contribution in [1.82, 2.24) is 24.1 Å². The van der Waals surface area contributed by atoms with E-state index in [1.807, 2.05) is 30.9 Å². The Bertz CT molecular complexity index is 811. The van der Waals surface area contributed by atoms with E-state index in [1.54, 1.807) is 0 Å². The number of hydrogen-bond acceptors (Lipinski definition) is 4. The van der Waals surface area contributed by atoms with Crippen molar-refractivity contribution in [3.8, 4) is 0 Å². The van der Waals surface area contributed by atoms with Crippen molar-refractivity contribution in [3.63, 3.8) is 0 Å². The molecule has 0 spiro atoms. The number of rotatable bonds is 3. The third kappa shape index (κ3) is 2.16. The van der Waals surface area contributed by atoms with E-state index < -0.39 is 0 Å². The van der Waals surface area contributed by atoms with Gasteiger partial charge in [0.2, 0.25) is 0 Å². The largest absolute Gasteiger partial charge is 0.383 e. The van der Waals surface area contributed by atoms with E-state index in [9.17, 15) is 0 Å². The van der Waals surface area contributed by atoms with Gasteiger partial charge in [-0.2, -0.15) is 0 Å². The van der Waals surface area contributed by atoms with Gasteiger partial charge in [0.25, 0.3) is 0 Å². The fourth-order valence-electron chi connectivity index (χ4n) is 2.80. The quantitative estimate of drug-likeness (QED) is 0.797. The van der Waals surface area contributed by atoms with Gasteiger partial charge in [0.05, 0.1) is 5.39 Å². The maximum atomic E-state index is 6.07. The van der Waals surface area contributed by atoms with Crippen molar-refractivity contribution in [1.29, 1.82) is 0 Å². The van der Waals surface area contributed by atoms with Crippen LogP contribution < -0.4 is 5.73 Å². The Morgan fingerprint density at radius 1 is 1.19 bits per heavy atom. The second kappa shape index (κ2) is 4.87. The first kappa shape index (κ1) is 13.6. The summed E-state index contributed by atoms with van der Waals surface area (Å²) in [6, 6.07) is 0. The zero-order valence-corrected chi connectivity index (χ0v) is 12.9. The van der Waals surface area contributed by atoms with Crippen molar-refractivity contribution < 1.29 is 0 Å². The molecule has 3 heterocycles. The van der Waals surface area contributed by atoms with Crippen LogP contribution in [0, 0.1) is 20.8 Å². The zero-order valence-electron chi connectivity index (χ0n) is 12.9. The van der Waals surface area contributed by atoms with E-state index >= 15 is 0 Å². The van der Waals surface area contributed by atoms with Gasteiger partial charge in [-0.15, -0.1) is 0 Å². The minimum Gasteiger partial charge on any atom is -0.383 e. The Labute approximate surface area is 123 Å². The molecule has 21 heavy (non-hydrogen) atoms. The lowest BCUT2D eigenvalue weighted by molar-refractivity contribution is 0.649. The van der Waals surface area contributed by atoms with Crippen LogP contribution in [0.3, 0.4) is 0 Å². The Kier molecular flexibility index (Phi) is 3.16. The minimum absolute atomic E-state index is 0.564. The van der Waals surface area contributed by atoms with Gasteiger partial charge in [-0.25, -0.2) is 15.0 Å². The SMILES string of the molecule is Cc1nc(N)c2c(C)c(C)n(CCc3nccn3C)c2n1. The monoisotopic (exact) mass is 284 g/mol. The molecule has 3 aromatic heterocycles. The van der Waals surface area contributed by atoms with Crippen molar-refractivity contribution in [2.24, 2.45) is 7.05 Å². The molecule has 6 heteroatoms. The fraction of sp³-hybridized carbons (Fsp3) is 0.400. The number of fused-ring (bicyclic) bond motifs is 1. The number of nitrogens with two attached hydrogens (primary N) is 1. The summed E-state index contributed by atoms with van der Waals surface area (Å²) in [6.07, 6.45) is 4.65. The lowest BCUT2D eigenvalue weighted by Crippen LogP contribution is -2.08. The van der Waals surface area contributed by atoms with Gasteiger partial charge in [-0.3, -0.25) is 0 Å². The van der Waals surface area contributed by atoms with E-state index in [2.05, 4.69) is 33.4 Å². The maximum absolute atomic E-state index is 6.07. The highest BCUT2D eigenvalue weighted by Crippen LogP contribution is 2.27. The summed E-state index contributed by atoms with van der Waals surface area (Å²) >= 11 is 0. The molecule has 0 radical (unpaired) electrons. The molecule has 2 N–H and O–H groups in total. The van der Waals surface area contributed by atoms with Crippen LogP contribution in [0.1, 0.15) is 22.9 Å². The maximum Gasteiger partial charge on any atom is 0.146 e. The average molecular weight is 284 g/mol. The van der Waals surface area contributed by atoms with Gasteiger partial charge < -0.3 is 14.9 Å². The molecule has 3 rings (SSSR count). The second-order valence-corrected chi connectivity index (χ2v) is 5.42. The van der Waals surface area contributed by atoms with Crippen LogP contribution in [0.25, 0.3) is 11.0 Å². The molecule has 0 saturated carbocycles. The molecule has 0 unspecified atom stereocenters. The van der Waals surface area contributed by atoms with Crippen LogP contribution in [-0.2, 0) is 20.0 Å². The number of anilines is 1. The first-order valence-electron chi connectivity index (χ1n) is 7.04. The van der Waals surface area contributed by atoms with E-state index in [1.165, 1.54) is 5.69 Å². The van der Waals surface area contributed by atoms with Gasteiger partial charge in [-0.1, -0.05) is 0 Å². The topological polar surface area (TPSA) is 74.5 Å². The summed E-state index contributed by atoms with van der Waals surface area (Å²) in [6.45, 7) is 6.88. The van der Waals surface area contributed by atoms with Gasteiger partial charge in [0.15, 0.2) is 0 Å². The van der Waals surface area contributed by atoms with Crippen LogP contribution in [0.5, 0.6) is 0 Å². The van der Waals surface area contributed by atoms with Crippen LogP contribution in [0.15, 0.2) is 12.4 Å². The number of imidazole rings is 1. The molecule has 110 valence electrons. The van der Waals surface area contributed by atoms with Gasteiger partial charge in [0, 0.05) is 38.1 Å². The van der Waals surface area contributed by atoms with Crippen LogP contribution in [0.4, 0.5) is 5.82 Å². The summed E-state index contributed by atoms with van der Waals surface area (Å²) < 4.78 is 4.26. The van der Waals surface area contributed by atoms with Crippen LogP contribution >= 0.6 is 0 Å². The van der Waals surface area contributed by atoms with Crippen molar-refractivity contribution in [3.05, 3.63) is 35.3 Å². The number of nitrogen functional groups attached to an aromatic ring is 1. The molecule has 0 fully saturated rings. The molecule has 0 aromatic carbocycles. The Balaban J connectivity index is 2.06. The van der Waals surface area contributed by atoms with E-state index in [0.29, 0.717) is 11.6 Å². The van der Waals surface area contributed by atoms with E-state index in [-0.39, 0.29) is 0 Å². The summed E-state index contributed by atoms with van der Waals surface area (Å²) in [4.78, 5) is 13.2. The number of nitrogens with zero attached hydrogens (tertiary/aromatic N) is 5. The molecule has 6 nitrogen and oxygen atoms in total. The summed E-state index contributed by atoms with van der Waals surface area (Å²) in [5.74, 6) is 2.33. The predicted octanol–water partition coefficient (Wildman–Crippen LogP) is 1.91. The Morgan fingerprint density at radius 3 is 2.62 bits per heavy atom. The van der Waals surface area contributed by atoms with E-state index in [4.69, 9.17) is 5.73 Å². The third-order valence-electron chi connectivity index (χ3n) is 4.09. The summed E-state index contributed by atoms with van der Waals surface area (Å²) in [5, 5.41) is 0.970. The van der Waals surface area contributed by atoms with Crippen LogP contribution in [0.2, 0.25) is 0 Å². The van der Waals surface area contributed by atoms with Crippen LogP contribution in [-0.4, -0.2) is 24.1 Å². The molecule has 0 atom stereocenters. The zero-order chi connectivity index (χ0) is 15.1. The summed E-state index contributed by atoms with van der Waals surface area (Å²) in [7, 11) is 2.01. The van der Waals surface area contributed by atoms with Crippen molar-refractivity contribution in [2.75, 3.05) is 5.73 Å². The van der Waals surface area contributed by atoms with Crippen molar-refractivity contribution >= 4 is 16.9 Å². The van der Waals surface area contributed by atoms with E-state index in [0.717, 1.165) is 35.4 Å². The third-order valence-corrected chi connectivity index (χ3v) is 4.09. The molecule has 0 aliphatic carbocycles. The average Bonchev–Trinajstić information content (AvgIpc) is 2.92. The molecular formula is C15H20N6. The fourth-order valence-corrected chi connectivity index (χ4v) is 2.80. The first-order valence-corrected chi connectivity index (χ1v) is 7.04. The lowest BCUT2D eigenvalue weighted by atomic mass is 10.2. The molecule has 3 aromatic rings. The standard InChI is InChI=1S/C15H20N6/c1-9-10(2)21(7-5-12-17-6-8-20(12)4)15-13(9)14(16)18-11(3)19-15/h6,8H,5,7H2,1-4H3,(H2,16,18,19). The summed E-state index contributed by atoms with van der Waals surface area (Å²) in [5.41, 5.74) is 9.34. The minimum atomic E-state index is 0.564. The van der Waals surface area contributed by atoms with Crippen molar-refractivity contribution in [2.45, 2.75) is 33.7 Å². The number of aromatic nitrogens is 5. The van der Waals surface area contributed by atoms with Gasteiger partial charge >= 0.3 is 0 Å². The normalized spacial score (nSPS) is 11.4. The molecule has 0 aliphatic heterocycles. The molecule has 0 saturated heterocycles. The Morgan fingerprint density at radius 2 is 1.95 bits per heavy atom. The Hall–Kier alpha value is -2.37. The smallest absolute Gasteiger partial charge is 0.146 e. The molecule has 0 amide bonds. The molecule has 0 aliphatic rings. The number of aryl methyl sites for hydroxylation is 5. The highest BCUT2D eigenvalue weighted by atomic mass is 15.1. The lowest BCUT2D eigenvalue weighted by Gasteiger charge is -2.08. The first-order chi connectivity index (χ1) is 9.99. The highest BCUT2D eigenvalue weighted by molar-refractivity contribution is 5.91. The molecule has 0 bridgehead atoms. The van der Waals surface area contributed by atoms with Gasteiger partial charge in [0.1, 0.15) is 23.1 Å². The second-order valence-electron chi connectivity index (χ2n) is 5.42. The predicted molar refractivity (Wildman–Crippen MR) is 83.1 cm³/mol. The molecular weight excluding hydrogens is 264 g/mol. The number of hydrogen-bond donors (Lipinski definition) is 1. The van der Waals surface area contributed by atoms with Gasteiger partial charge in [-0.05, 0) is 26.3 Å². The highest BCUT2D eigenvalue weighted by Gasteiger charge is 2.16.